The van der Waals surface area contributed by atoms with Crippen LogP contribution in [0.4, 0.5) is 13.2 Å². The van der Waals surface area contributed by atoms with E-state index in [1.807, 2.05) is 0 Å². The Morgan fingerprint density at radius 2 is 1.91 bits per heavy atom. The van der Waals surface area contributed by atoms with Crippen LogP contribution in [0.1, 0.15) is 32.1 Å². The minimum Gasteiger partial charge on any atom is -0.356 e. The number of amides is 3. The van der Waals surface area contributed by atoms with Gasteiger partial charge in [-0.15, -0.1) is 13.2 Å². The fourth-order valence-electron chi connectivity index (χ4n) is 4.24. The molecule has 0 aromatic heterocycles. The molecule has 3 fully saturated rings. The first-order chi connectivity index (χ1) is 14.7. The lowest BCUT2D eigenvalue weighted by molar-refractivity contribution is -0.321. The molecule has 1 aliphatic carbocycles. The molecule has 0 aromatic carbocycles. The van der Waals surface area contributed by atoms with Crippen LogP contribution in [-0.4, -0.2) is 90.1 Å². The smallest absolute Gasteiger partial charge is 0.356 e. The summed E-state index contributed by atoms with van der Waals surface area (Å²) in [7, 11) is 16.5. The van der Waals surface area contributed by atoms with Crippen molar-refractivity contribution >= 4 is 47.0 Å². The van der Waals surface area contributed by atoms with Gasteiger partial charge >= 0.3 is 6.36 Å². The molecule has 3 aliphatic rings. The van der Waals surface area contributed by atoms with Crippen molar-refractivity contribution in [2.75, 3.05) is 19.7 Å². The Kier molecular flexibility index (Phi) is 6.75. The monoisotopic (exact) mass is 449 g/mol. The minimum atomic E-state index is -5.03. The van der Waals surface area contributed by atoms with Crippen LogP contribution < -0.4 is 10.6 Å². The third kappa shape index (κ3) is 5.87. The third-order valence-corrected chi connectivity index (χ3v) is 6.17. The number of likely N-dealkylation sites (tertiary alicyclic amines) is 1. The number of nitrogens with zero attached hydrogens (tertiary/aromatic N) is 1. The molecule has 32 heavy (non-hydrogen) atoms. The van der Waals surface area contributed by atoms with Crippen molar-refractivity contribution in [1.29, 1.82) is 0 Å². The maximum atomic E-state index is 13.0. The standard InChI is InChI=1S/C18H21B3F3N3O5/c19-17(20,21)15(31)27-8-16(2-3-16)6-11(27)14(30)26-10(5-9-1-4-25-13(9)29)12(28)7-32-18(22,23)24/h9-11H,1-8H2,(H,25,29)(H,26,30)/t9-,10-,11-/m0/s1. The average molecular weight is 449 g/mol. The molecule has 6 radical (unpaired) electrons. The summed E-state index contributed by atoms with van der Waals surface area (Å²) < 4.78 is 40.8. The third-order valence-electron chi connectivity index (χ3n) is 6.17. The molecular weight excluding hydrogens is 428 g/mol. The topological polar surface area (TPSA) is 105 Å². The van der Waals surface area contributed by atoms with Gasteiger partial charge in [-0.2, -0.15) is 0 Å². The molecule has 168 valence electrons. The number of ether oxygens (including phenoxy) is 1. The molecule has 8 nitrogen and oxygen atoms in total. The number of Topliss-reactive ketones (excluding diaryl/α,β-unsaturated/α-hetero) is 1. The highest BCUT2D eigenvalue weighted by Gasteiger charge is 2.56. The van der Waals surface area contributed by atoms with Crippen LogP contribution in [0.25, 0.3) is 0 Å². The summed E-state index contributed by atoms with van der Waals surface area (Å²) in [5.74, 6) is -3.67. The van der Waals surface area contributed by atoms with E-state index in [1.54, 1.807) is 0 Å². The summed E-state index contributed by atoms with van der Waals surface area (Å²) in [6, 6.07) is -2.46. The van der Waals surface area contributed by atoms with Gasteiger partial charge in [0.2, 0.25) is 17.7 Å². The Balaban J connectivity index is 1.74. The summed E-state index contributed by atoms with van der Waals surface area (Å²) >= 11 is 0. The van der Waals surface area contributed by atoms with Crippen molar-refractivity contribution in [3.63, 3.8) is 0 Å². The van der Waals surface area contributed by atoms with E-state index in [1.165, 1.54) is 0 Å². The van der Waals surface area contributed by atoms with Crippen molar-refractivity contribution in [1.82, 2.24) is 15.5 Å². The van der Waals surface area contributed by atoms with Gasteiger partial charge in [-0.05, 0) is 37.5 Å². The molecule has 0 aromatic rings. The van der Waals surface area contributed by atoms with E-state index in [0.717, 1.165) is 17.7 Å². The number of carbonyl (C=O) groups excluding carboxylic acids is 4. The molecule has 1 spiro atoms. The van der Waals surface area contributed by atoms with Crippen LogP contribution in [0.3, 0.4) is 0 Å². The molecule has 3 rings (SSSR count). The Morgan fingerprint density at radius 3 is 2.41 bits per heavy atom. The molecule has 3 amide bonds. The van der Waals surface area contributed by atoms with Crippen LogP contribution in [-0.2, 0) is 23.9 Å². The van der Waals surface area contributed by atoms with Crippen LogP contribution in [0.2, 0.25) is 5.11 Å². The number of alkyl halides is 3. The predicted molar refractivity (Wildman–Crippen MR) is 106 cm³/mol. The first kappa shape index (κ1) is 24.7. The van der Waals surface area contributed by atoms with E-state index in [4.69, 9.17) is 23.5 Å². The van der Waals surface area contributed by atoms with Crippen molar-refractivity contribution in [3.05, 3.63) is 0 Å². The summed E-state index contributed by atoms with van der Waals surface area (Å²) in [5.41, 5.74) is -0.271. The second kappa shape index (κ2) is 8.76. The number of hydrogen-bond donors (Lipinski definition) is 2. The lowest BCUT2D eigenvalue weighted by Crippen LogP contribution is -2.54. The first-order valence-corrected chi connectivity index (χ1v) is 10.2. The van der Waals surface area contributed by atoms with Crippen molar-refractivity contribution in [2.45, 2.75) is 55.7 Å². The minimum absolute atomic E-state index is 0.196. The SMILES string of the molecule is [B]C([B])([B])C(=O)N1CC2(CC2)C[C@H]1C(=O)N[C@@H](C[C@@H]1CCNC1=O)C(=O)COC(F)(F)F. The summed E-state index contributed by atoms with van der Waals surface area (Å²) in [6.45, 7) is -0.758. The van der Waals surface area contributed by atoms with Gasteiger partial charge < -0.3 is 15.5 Å². The molecule has 2 aliphatic heterocycles. The maximum absolute atomic E-state index is 13.0. The summed E-state index contributed by atoms with van der Waals surface area (Å²) in [6.07, 6.45) is -3.03. The highest BCUT2D eigenvalue weighted by Crippen LogP contribution is 2.55. The van der Waals surface area contributed by atoms with Crippen molar-refractivity contribution in [2.24, 2.45) is 11.3 Å². The lowest BCUT2D eigenvalue weighted by Gasteiger charge is -2.32. The van der Waals surface area contributed by atoms with Gasteiger partial charge in [0, 0.05) is 19.0 Å². The zero-order valence-corrected chi connectivity index (χ0v) is 17.2. The Morgan fingerprint density at radius 1 is 1.25 bits per heavy atom. The van der Waals surface area contributed by atoms with Gasteiger partial charge in [-0.25, -0.2) is 0 Å². The molecule has 1 saturated carbocycles. The second-order valence-corrected chi connectivity index (χ2v) is 8.86. The van der Waals surface area contributed by atoms with E-state index in [9.17, 15) is 32.3 Å². The number of nitrogens with one attached hydrogen (secondary N) is 2. The van der Waals surface area contributed by atoms with Crippen LogP contribution >= 0.6 is 0 Å². The fourth-order valence-corrected chi connectivity index (χ4v) is 4.24. The first-order valence-electron chi connectivity index (χ1n) is 10.2. The molecule has 2 saturated heterocycles. The Bertz CT molecular complexity index is 801. The molecule has 2 N–H and O–H groups in total. The highest BCUT2D eigenvalue weighted by atomic mass is 19.4. The van der Waals surface area contributed by atoms with Gasteiger partial charge in [-0.1, -0.05) is 5.11 Å². The van der Waals surface area contributed by atoms with Gasteiger partial charge in [0.05, 0.1) is 29.6 Å². The zero-order chi connectivity index (χ0) is 23.9. The molecule has 3 atom stereocenters. The number of ketones is 1. The lowest BCUT2D eigenvalue weighted by atomic mass is 9.42. The van der Waals surface area contributed by atoms with Crippen molar-refractivity contribution in [3.8, 4) is 0 Å². The van der Waals surface area contributed by atoms with E-state index < -0.39 is 53.7 Å². The second-order valence-electron chi connectivity index (χ2n) is 8.86. The number of rotatable bonds is 8. The molecule has 2 heterocycles. The molecular formula is C18H21B3F3N3O5. The maximum Gasteiger partial charge on any atom is 0.522 e. The van der Waals surface area contributed by atoms with E-state index in [0.29, 0.717) is 13.0 Å². The quantitative estimate of drug-likeness (QED) is 0.467. The Labute approximate surface area is 186 Å². The van der Waals surface area contributed by atoms with E-state index >= 15 is 0 Å². The molecule has 0 bridgehead atoms. The van der Waals surface area contributed by atoms with Crippen LogP contribution in [0.15, 0.2) is 0 Å². The number of carbonyl (C=O) groups is 4. The van der Waals surface area contributed by atoms with Gasteiger partial charge in [0.1, 0.15) is 12.6 Å². The highest BCUT2D eigenvalue weighted by molar-refractivity contribution is 6.68. The molecule has 14 heteroatoms. The fraction of sp³-hybridized carbons (Fsp3) is 0.778. The largest absolute Gasteiger partial charge is 0.522 e. The van der Waals surface area contributed by atoms with Gasteiger partial charge in [0.25, 0.3) is 0 Å². The van der Waals surface area contributed by atoms with Crippen LogP contribution in [0, 0.1) is 11.3 Å². The van der Waals surface area contributed by atoms with Crippen LogP contribution in [0.5, 0.6) is 0 Å². The normalized spacial score (nSPS) is 25.5. The Hall–Kier alpha value is -1.98. The summed E-state index contributed by atoms with van der Waals surface area (Å²) in [4.78, 5) is 51.1. The predicted octanol–water partition coefficient (Wildman–Crippen LogP) is -0.937. The number of halogens is 3. The molecule has 0 unspecified atom stereocenters. The number of hydrogen-bond acceptors (Lipinski definition) is 5. The zero-order valence-electron chi connectivity index (χ0n) is 17.2. The van der Waals surface area contributed by atoms with Crippen molar-refractivity contribution < 1.29 is 37.1 Å². The average Bonchev–Trinajstić information content (AvgIpc) is 3.13. The van der Waals surface area contributed by atoms with Gasteiger partial charge in [-0.3, -0.25) is 23.9 Å². The van der Waals surface area contributed by atoms with E-state index in [2.05, 4.69) is 15.4 Å². The van der Waals surface area contributed by atoms with Gasteiger partial charge in [0.15, 0.2) is 5.78 Å². The van der Waals surface area contributed by atoms with E-state index in [-0.39, 0.29) is 30.7 Å². The summed E-state index contributed by atoms with van der Waals surface area (Å²) in [5, 5.41) is 2.77.